The van der Waals surface area contributed by atoms with Gasteiger partial charge in [0.2, 0.25) is 10.0 Å². The van der Waals surface area contributed by atoms with Crippen molar-refractivity contribution in [3.8, 4) is 10.7 Å². The van der Waals surface area contributed by atoms with Crippen molar-refractivity contribution in [2.45, 2.75) is 23.0 Å². The lowest BCUT2D eigenvalue weighted by Crippen LogP contribution is -2.09. The minimum atomic E-state index is -3.75. The van der Waals surface area contributed by atoms with E-state index in [-0.39, 0.29) is 11.3 Å². The second-order valence-corrected chi connectivity index (χ2v) is 8.86. The van der Waals surface area contributed by atoms with Crippen LogP contribution in [-0.2, 0) is 10.0 Å². The summed E-state index contributed by atoms with van der Waals surface area (Å²) in [4.78, 5) is 9.46. The van der Waals surface area contributed by atoms with Crippen molar-refractivity contribution in [2.75, 3.05) is 17.7 Å². The van der Waals surface area contributed by atoms with E-state index in [0.717, 1.165) is 17.0 Å². The lowest BCUT2D eigenvalue weighted by Gasteiger charge is -2.07. The number of anilines is 3. The van der Waals surface area contributed by atoms with E-state index in [0.29, 0.717) is 34.1 Å². The zero-order valence-corrected chi connectivity index (χ0v) is 15.5. The molecule has 0 spiro atoms. The van der Waals surface area contributed by atoms with E-state index < -0.39 is 10.0 Å². The van der Waals surface area contributed by atoms with Gasteiger partial charge in [0.05, 0.1) is 4.88 Å². The lowest BCUT2D eigenvalue weighted by atomic mass is 10.3. The van der Waals surface area contributed by atoms with Crippen LogP contribution in [0.25, 0.3) is 10.7 Å². The van der Waals surface area contributed by atoms with E-state index >= 15 is 0 Å². The molecular weight excluding hydrogens is 374 g/mol. The van der Waals surface area contributed by atoms with Crippen molar-refractivity contribution >= 4 is 38.8 Å². The average Bonchev–Trinajstić information content (AvgIpc) is 3.13. The van der Waals surface area contributed by atoms with Crippen molar-refractivity contribution in [3.05, 3.63) is 30.0 Å². The molecule has 5 N–H and O–H groups in total. The predicted octanol–water partition coefficient (Wildman–Crippen LogP) is 3.47. The largest absolute Gasteiger partial charge is 0.373 e. The van der Waals surface area contributed by atoms with Crippen LogP contribution in [0.15, 0.2) is 28.5 Å². The van der Waals surface area contributed by atoms with Crippen LogP contribution in [0.4, 0.5) is 17.5 Å². The van der Waals surface area contributed by atoms with Crippen LogP contribution in [0, 0.1) is 0 Å². The van der Waals surface area contributed by atoms with E-state index in [1.807, 2.05) is 6.07 Å². The van der Waals surface area contributed by atoms with Crippen LogP contribution in [0.3, 0.4) is 0 Å². The summed E-state index contributed by atoms with van der Waals surface area (Å²) in [6.07, 6.45) is 2.38. The summed E-state index contributed by atoms with van der Waals surface area (Å²) in [5, 5.41) is 18.6. The average molecular weight is 402 g/mol. The molecule has 4 rings (SSSR count). The maximum Gasteiger partial charge on any atom is 0.247 e. The molecule has 1 aliphatic rings. The molecule has 9 nitrogen and oxygen atoms in total. The van der Waals surface area contributed by atoms with Gasteiger partial charge in [-0.3, -0.25) is 5.10 Å². The second-order valence-electron chi connectivity index (χ2n) is 5.98. The molecule has 1 fully saturated rings. The van der Waals surface area contributed by atoms with Crippen LogP contribution >= 0.6 is 11.3 Å². The summed E-state index contributed by atoms with van der Waals surface area (Å²) in [5.41, 5.74) is 1.12. The third kappa shape index (κ3) is 3.54. The van der Waals surface area contributed by atoms with Gasteiger partial charge in [-0.25, -0.2) is 23.5 Å². The van der Waals surface area contributed by atoms with Crippen molar-refractivity contribution in [2.24, 2.45) is 5.14 Å². The number of rotatable bonds is 6. The van der Waals surface area contributed by atoms with Crippen molar-refractivity contribution < 1.29 is 15.6 Å². The molecule has 0 aromatic carbocycles. The van der Waals surface area contributed by atoms with Crippen molar-refractivity contribution in [1.29, 1.82) is 0 Å². The summed E-state index contributed by atoms with van der Waals surface area (Å²) in [7, 11) is -2.00. The highest BCUT2D eigenvalue weighted by atomic mass is 32.2. The minimum absolute atomic E-state index is 0. The first kappa shape index (κ1) is 16.9. The van der Waals surface area contributed by atoms with Crippen LogP contribution in [-0.4, -0.2) is 35.6 Å². The minimum Gasteiger partial charge on any atom is -0.373 e. The zero-order chi connectivity index (χ0) is 18.3. The molecule has 0 atom stereocenters. The summed E-state index contributed by atoms with van der Waals surface area (Å²) in [5.74, 6) is 2.81. The maximum absolute atomic E-state index is 11.5. The van der Waals surface area contributed by atoms with Crippen LogP contribution in [0.1, 0.15) is 31.6 Å². The molecule has 11 heteroatoms. The first-order valence-corrected chi connectivity index (χ1v) is 10.3. The highest BCUT2D eigenvalue weighted by molar-refractivity contribution is 7.91. The van der Waals surface area contributed by atoms with Gasteiger partial charge in [-0.15, -0.1) is 11.3 Å². The Balaban J connectivity index is 0. The van der Waals surface area contributed by atoms with Crippen LogP contribution in [0.5, 0.6) is 0 Å². The Morgan fingerprint density at radius 2 is 2.00 bits per heavy atom. The van der Waals surface area contributed by atoms with Crippen LogP contribution in [0.2, 0.25) is 0 Å². The maximum atomic E-state index is 11.5. The standard InChI is InChI=1S/C15H17N7O2S2.5H2/c1-17-11-7-12(18-13-6-9(21-22-13)8-2-3-8)20-15(19-11)10-4-5-14(25-10)26(16,23)24;;;;;/h4-8H,2-3H2,1H3,(H2,16,23,24)(H3,17,18,19,20,21,22);5*1H. The van der Waals surface area contributed by atoms with E-state index in [9.17, 15) is 8.42 Å². The first-order chi connectivity index (χ1) is 12.4. The number of hydrogen-bond donors (Lipinski definition) is 4. The molecule has 1 aliphatic carbocycles. The number of nitrogens with two attached hydrogens (primary N) is 1. The Morgan fingerprint density at radius 1 is 1.23 bits per heavy atom. The number of thiophene rings is 1. The molecule has 146 valence electrons. The number of hydrogen-bond acceptors (Lipinski definition) is 8. The summed E-state index contributed by atoms with van der Waals surface area (Å²) in [6.45, 7) is 0. The fourth-order valence-electron chi connectivity index (χ4n) is 2.48. The second kappa shape index (κ2) is 6.34. The number of nitrogens with one attached hydrogen (secondary N) is 3. The van der Waals surface area contributed by atoms with E-state index in [2.05, 4.69) is 30.8 Å². The predicted molar refractivity (Wildman–Crippen MR) is 111 cm³/mol. The quantitative estimate of drug-likeness (QED) is 0.496. The van der Waals surface area contributed by atoms with Gasteiger partial charge in [-0.2, -0.15) is 5.10 Å². The SMILES string of the molecule is CNc1cc(Nc2cc(C3CC3)[nH]n2)nc(-c2ccc(S(N)(=O)=O)s2)n1.[HH].[HH].[HH].[HH].[HH]. The molecule has 0 bridgehead atoms. The Bertz CT molecular complexity index is 1070. The molecule has 0 amide bonds. The van der Waals surface area contributed by atoms with Crippen LogP contribution < -0.4 is 15.8 Å². The topological polar surface area (TPSA) is 139 Å². The summed E-state index contributed by atoms with van der Waals surface area (Å²) < 4.78 is 23.0. The first-order valence-electron chi connectivity index (χ1n) is 7.94. The van der Waals surface area contributed by atoms with Gasteiger partial charge in [0.25, 0.3) is 0 Å². The fourth-order valence-corrected chi connectivity index (χ4v) is 4.14. The Kier molecular flexibility index (Phi) is 4.13. The molecule has 3 heterocycles. The van der Waals surface area contributed by atoms with E-state index in [1.165, 1.54) is 18.9 Å². The monoisotopic (exact) mass is 401 g/mol. The van der Waals surface area contributed by atoms with Gasteiger partial charge >= 0.3 is 0 Å². The lowest BCUT2D eigenvalue weighted by molar-refractivity contribution is 0.600. The molecule has 26 heavy (non-hydrogen) atoms. The van der Waals surface area contributed by atoms with Gasteiger partial charge < -0.3 is 10.6 Å². The highest BCUT2D eigenvalue weighted by Gasteiger charge is 2.25. The zero-order valence-electron chi connectivity index (χ0n) is 13.9. The van der Waals surface area contributed by atoms with Gasteiger partial charge in [0.1, 0.15) is 15.8 Å². The molecule has 1 saturated carbocycles. The van der Waals surface area contributed by atoms with E-state index in [4.69, 9.17) is 5.14 Å². The fraction of sp³-hybridized carbons (Fsp3) is 0.267. The smallest absolute Gasteiger partial charge is 0.247 e. The van der Waals surface area contributed by atoms with Crippen molar-refractivity contribution in [1.82, 2.24) is 20.2 Å². The molecule has 0 unspecified atom stereocenters. The van der Waals surface area contributed by atoms with Gasteiger partial charge in [0, 0.05) is 37.9 Å². The number of nitrogens with zero attached hydrogens (tertiary/aromatic N) is 3. The molecule has 3 aromatic rings. The number of aromatic amines is 1. The third-order valence-corrected chi connectivity index (χ3v) is 6.46. The highest BCUT2D eigenvalue weighted by Crippen LogP contribution is 2.39. The van der Waals surface area contributed by atoms with Crippen molar-refractivity contribution in [3.63, 3.8) is 0 Å². The molecule has 0 saturated heterocycles. The van der Waals surface area contributed by atoms with Gasteiger partial charge in [0.15, 0.2) is 11.6 Å². The third-order valence-electron chi connectivity index (χ3n) is 3.94. The Morgan fingerprint density at radius 3 is 2.65 bits per heavy atom. The van der Waals surface area contributed by atoms with E-state index in [1.54, 1.807) is 19.2 Å². The molecule has 0 aliphatic heterocycles. The number of aromatic nitrogens is 4. The van der Waals surface area contributed by atoms with Gasteiger partial charge in [-0.05, 0) is 25.0 Å². The number of primary sulfonamides is 1. The van der Waals surface area contributed by atoms with Gasteiger partial charge in [-0.1, -0.05) is 0 Å². The summed E-state index contributed by atoms with van der Waals surface area (Å²) in [6, 6.07) is 6.82. The Labute approximate surface area is 161 Å². The molecular formula is C15H27N7O2S2. The normalized spacial score (nSPS) is 14.4. The molecule has 3 aromatic heterocycles. The Hall–Kier alpha value is -2.50. The summed E-state index contributed by atoms with van der Waals surface area (Å²) >= 11 is 1.03. The number of H-pyrrole nitrogens is 1. The molecule has 0 radical (unpaired) electrons. The number of sulfonamides is 1.